The van der Waals surface area contributed by atoms with E-state index in [1.807, 2.05) is 0 Å². The summed E-state index contributed by atoms with van der Waals surface area (Å²) in [6.45, 7) is 0.0259. The Balaban J connectivity index is 0.00000121. The van der Waals surface area contributed by atoms with Crippen molar-refractivity contribution in [3.05, 3.63) is 28.5 Å². The summed E-state index contributed by atoms with van der Waals surface area (Å²) in [4.78, 5) is 14.8. The van der Waals surface area contributed by atoms with E-state index in [2.05, 4.69) is 20.9 Å². The van der Waals surface area contributed by atoms with Crippen LogP contribution in [0, 0.1) is 0 Å². The lowest BCUT2D eigenvalue weighted by Gasteiger charge is -1.95. The third-order valence-corrected chi connectivity index (χ3v) is 1.65. The van der Waals surface area contributed by atoms with E-state index in [0.29, 0.717) is 5.56 Å². The average molecular weight is 252 g/mol. The van der Waals surface area contributed by atoms with E-state index in [4.69, 9.17) is 5.73 Å². The Labute approximate surface area is 84.9 Å². The van der Waals surface area contributed by atoms with Gasteiger partial charge in [0.2, 0.25) is 0 Å². The Bertz CT molecular complexity index is 280. The third kappa shape index (κ3) is 2.89. The van der Waals surface area contributed by atoms with Crippen LogP contribution in [0.5, 0.6) is 0 Å². The summed E-state index contributed by atoms with van der Waals surface area (Å²) in [6.07, 6.45) is 3.12. The normalized spacial score (nSPS) is 8.83. The number of hydrogen-bond donors (Lipinski definition) is 1. The number of nitrogens with two attached hydrogens (primary N) is 1. The summed E-state index contributed by atoms with van der Waals surface area (Å²) >= 11 is 3.20. The second-order valence-electron chi connectivity index (χ2n) is 2.02. The van der Waals surface area contributed by atoms with Gasteiger partial charge in [0.1, 0.15) is 0 Å². The summed E-state index contributed by atoms with van der Waals surface area (Å²) in [5.74, 6) is -0.0983. The molecular formula is C7H8BrClN2O. The monoisotopic (exact) mass is 250 g/mol. The number of ketones is 1. The Morgan fingerprint density at radius 2 is 2.25 bits per heavy atom. The molecule has 0 atom stereocenters. The number of carbonyl (C=O) groups excluding carboxylic acids is 1. The Kier molecular flexibility index (Phi) is 5.04. The van der Waals surface area contributed by atoms with Crippen LogP contribution in [-0.4, -0.2) is 17.3 Å². The smallest absolute Gasteiger partial charge is 0.177 e. The Morgan fingerprint density at radius 1 is 1.58 bits per heavy atom. The zero-order valence-corrected chi connectivity index (χ0v) is 8.56. The number of hydrogen-bond acceptors (Lipinski definition) is 3. The van der Waals surface area contributed by atoms with Crippen molar-refractivity contribution in [3.63, 3.8) is 0 Å². The fourth-order valence-corrected chi connectivity index (χ4v) is 1.05. The van der Waals surface area contributed by atoms with Gasteiger partial charge in [-0.2, -0.15) is 0 Å². The van der Waals surface area contributed by atoms with Crippen molar-refractivity contribution in [2.45, 2.75) is 0 Å². The minimum atomic E-state index is -0.0983. The molecule has 0 aliphatic heterocycles. The van der Waals surface area contributed by atoms with E-state index in [-0.39, 0.29) is 24.7 Å². The van der Waals surface area contributed by atoms with Crippen LogP contribution >= 0.6 is 28.3 Å². The lowest BCUT2D eigenvalue weighted by molar-refractivity contribution is 0.100. The van der Waals surface area contributed by atoms with Crippen LogP contribution in [-0.2, 0) is 0 Å². The highest BCUT2D eigenvalue weighted by Crippen LogP contribution is 2.09. The van der Waals surface area contributed by atoms with Gasteiger partial charge in [-0.3, -0.25) is 9.78 Å². The molecule has 12 heavy (non-hydrogen) atoms. The highest BCUT2D eigenvalue weighted by Gasteiger charge is 2.02. The second-order valence-corrected chi connectivity index (χ2v) is 2.93. The highest BCUT2D eigenvalue weighted by atomic mass is 79.9. The van der Waals surface area contributed by atoms with Crippen molar-refractivity contribution in [1.82, 2.24) is 4.98 Å². The first-order valence-corrected chi connectivity index (χ1v) is 3.87. The minimum Gasteiger partial charge on any atom is -0.324 e. The summed E-state index contributed by atoms with van der Waals surface area (Å²) in [7, 11) is 0. The van der Waals surface area contributed by atoms with E-state index < -0.39 is 0 Å². The molecule has 0 aromatic carbocycles. The molecule has 0 amide bonds. The fraction of sp³-hybridized carbons (Fsp3) is 0.143. The first kappa shape index (κ1) is 11.6. The molecule has 3 nitrogen and oxygen atoms in total. The average Bonchev–Trinajstić information content (AvgIpc) is 2.03. The second kappa shape index (κ2) is 5.24. The van der Waals surface area contributed by atoms with Gasteiger partial charge in [-0.05, 0) is 22.0 Å². The maximum Gasteiger partial charge on any atom is 0.177 e. The summed E-state index contributed by atoms with van der Waals surface area (Å²) in [5.41, 5.74) is 5.70. The molecule has 1 aromatic heterocycles. The van der Waals surface area contributed by atoms with Crippen LogP contribution in [0.3, 0.4) is 0 Å². The van der Waals surface area contributed by atoms with Crippen LogP contribution in [0.4, 0.5) is 0 Å². The molecular weight excluding hydrogens is 243 g/mol. The molecule has 66 valence electrons. The first-order valence-electron chi connectivity index (χ1n) is 3.08. The maximum atomic E-state index is 11.0. The predicted molar refractivity (Wildman–Crippen MR) is 52.6 cm³/mol. The third-order valence-electron chi connectivity index (χ3n) is 1.21. The van der Waals surface area contributed by atoms with Crippen LogP contribution in [0.25, 0.3) is 0 Å². The number of nitrogens with zero attached hydrogens (tertiary/aromatic N) is 1. The highest BCUT2D eigenvalue weighted by molar-refractivity contribution is 9.10. The lowest BCUT2D eigenvalue weighted by Crippen LogP contribution is -2.13. The van der Waals surface area contributed by atoms with Crippen molar-refractivity contribution >= 4 is 34.1 Å². The Morgan fingerprint density at radius 3 is 2.75 bits per heavy atom. The summed E-state index contributed by atoms with van der Waals surface area (Å²) < 4.78 is 0.789. The van der Waals surface area contributed by atoms with Crippen LogP contribution in [0.2, 0.25) is 0 Å². The van der Waals surface area contributed by atoms with E-state index in [0.717, 1.165) is 4.47 Å². The molecule has 0 saturated heterocycles. The topological polar surface area (TPSA) is 56.0 Å². The van der Waals surface area contributed by atoms with Crippen LogP contribution in [0.1, 0.15) is 10.4 Å². The molecule has 0 radical (unpaired) electrons. The largest absolute Gasteiger partial charge is 0.324 e. The van der Waals surface area contributed by atoms with Gasteiger partial charge < -0.3 is 5.73 Å². The molecule has 2 N–H and O–H groups in total. The maximum absolute atomic E-state index is 11.0. The van der Waals surface area contributed by atoms with Crippen molar-refractivity contribution in [1.29, 1.82) is 0 Å². The number of pyridine rings is 1. The summed E-state index contributed by atoms with van der Waals surface area (Å²) in [6, 6.07) is 1.70. The van der Waals surface area contributed by atoms with E-state index in [1.54, 1.807) is 12.3 Å². The van der Waals surface area contributed by atoms with Gasteiger partial charge in [0.25, 0.3) is 0 Å². The minimum absolute atomic E-state index is 0. The molecule has 0 fully saturated rings. The molecule has 1 rings (SSSR count). The van der Waals surface area contributed by atoms with Crippen LogP contribution < -0.4 is 5.73 Å². The van der Waals surface area contributed by atoms with Gasteiger partial charge in [-0.1, -0.05) is 0 Å². The molecule has 0 spiro atoms. The van der Waals surface area contributed by atoms with Crippen molar-refractivity contribution in [2.24, 2.45) is 5.73 Å². The van der Waals surface area contributed by atoms with Gasteiger partial charge in [0.15, 0.2) is 5.78 Å². The quantitative estimate of drug-likeness (QED) is 0.809. The van der Waals surface area contributed by atoms with E-state index >= 15 is 0 Å². The number of aromatic nitrogens is 1. The predicted octanol–water partition coefficient (Wildman–Crippen LogP) is 1.41. The first-order chi connectivity index (χ1) is 5.24. The van der Waals surface area contributed by atoms with Crippen LogP contribution in [0.15, 0.2) is 22.9 Å². The van der Waals surface area contributed by atoms with Crippen molar-refractivity contribution in [2.75, 3.05) is 6.54 Å². The van der Waals surface area contributed by atoms with Gasteiger partial charge in [0.05, 0.1) is 6.54 Å². The van der Waals surface area contributed by atoms with Gasteiger partial charge >= 0.3 is 0 Å². The summed E-state index contributed by atoms with van der Waals surface area (Å²) in [5, 5.41) is 0. The SMILES string of the molecule is Cl.NCC(=O)c1cncc(Br)c1. The van der Waals surface area contributed by atoms with Crippen molar-refractivity contribution in [3.8, 4) is 0 Å². The fourth-order valence-electron chi connectivity index (χ4n) is 0.682. The Hall–Kier alpha value is -0.450. The molecule has 0 aliphatic carbocycles. The molecule has 1 aromatic rings. The van der Waals surface area contributed by atoms with E-state index in [1.165, 1.54) is 6.20 Å². The molecule has 5 heteroatoms. The zero-order chi connectivity index (χ0) is 8.27. The molecule has 0 unspecified atom stereocenters. The standard InChI is InChI=1S/C7H7BrN2O.ClH/c8-6-1-5(3-10-4-6)7(11)2-9;/h1,3-4H,2,9H2;1H. The molecule has 0 saturated carbocycles. The number of carbonyl (C=O) groups is 1. The van der Waals surface area contributed by atoms with Gasteiger partial charge in [-0.15, -0.1) is 12.4 Å². The lowest BCUT2D eigenvalue weighted by atomic mass is 10.2. The zero-order valence-electron chi connectivity index (χ0n) is 6.16. The number of rotatable bonds is 2. The molecule has 0 aliphatic rings. The number of Topliss-reactive ketones (excluding diaryl/α,β-unsaturated/α-hetero) is 1. The van der Waals surface area contributed by atoms with Gasteiger partial charge in [-0.25, -0.2) is 0 Å². The molecule has 0 bridgehead atoms. The molecule has 1 heterocycles. The van der Waals surface area contributed by atoms with E-state index in [9.17, 15) is 4.79 Å². The number of halogens is 2. The van der Waals surface area contributed by atoms with Crippen molar-refractivity contribution < 1.29 is 4.79 Å². The van der Waals surface area contributed by atoms with Gasteiger partial charge in [0, 0.05) is 22.4 Å².